The van der Waals surface area contributed by atoms with Crippen LogP contribution in [0.3, 0.4) is 0 Å². The standard InChI is InChI=1S/C11H10BrFN2OS/c12-6-2-1-3-7(13)8(6)15-10(16)11(4-5-11)9(14)17/h1-3H,4-5H2,(H2,14,17)(H,15,16). The normalized spacial score (nSPS) is 16.4. The molecule has 0 aliphatic heterocycles. The number of carbonyl (C=O) groups is 1. The van der Waals surface area contributed by atoms with Gasteiger partial charge in [0.05, 0.1) is 16.1 Å². The topological polar surface area (TPSA) is 55.1 Å². The molecule has 0 radical (unpaired) electrons. The molecule has 0 unspecified atom stereocenters. The summed E-state index contributed by atoms with van der Waals surface area (Å²) in [5, 5.41) is 2.53. The first-order valence-electron chi connectivity index (χ1n) is 5.03. The minimum absolute atomic E-state index is 0.125. The number of halogens is 2. The van der Waals surface area contributed by atoms with Gasteiger partial charge in [0.15, 0.2) is 0 Å². The fourth-order valence-corrected chi connectivity index (χ4v) is 2.30. The second-order valence-electron chi connectivity index (χ2n) is 4.00. The Bertz CT molecular complexity index is 482. The van der Waals surface area contributed by atoms with Gasteiger partial charge in [-0.2, -0.15) is 0 Å². The van der Waals surface area contributed by atoms with Crippen LogP contribution >= 0.6 is 28.1 Å². The molecule has 1 fully saturated rings. The smallest absolute Gasteiger partial charge is 0.237 e. The van der Waals surface area contributed by atoms with E-state index in [4.69, 9.17) is 18.0 Å². The third-order valence-electron chi connectivity index (χ3n) is 2.86. The van der Waals surface area contributed by atoms with E-state index >= 15 is 0 Å². The molecule has 17 heavy (non-hydrogen) atoms. The van der Waals surface area contributed by atoms with Crippen LogP contribution in [0, 0.1) is 11.2 Å². The third-order valence-corrected chi connectivity index (χ3v) is 3.91. The minimum atomic E-state index is -0.781. The van der Waals surface area contributed by atoms with E-state index in [9.17, 15) is 9.18 Å². The van der Waals surface area contributed by atoms with E-state index in [0.717, 1.165) is 0 Å². The van der Waals surface area contributed by atoms with Crippen LogP contribution in [-0.4, -0.2) is 10.9 Å². The quantitative estimate of drug-likeness (QED) is 0.843. The van der Waals surface area contributed by atoms with Gasteiger partial charge in [0, 0.05) is 4.47 Å². The van der Waals surface area contributed by atoms with Crippen molar-refractivity contribution in [1.29, 1.82) is 0 Å². The van der Waals surface area contributed by atoms with Crippen molar-refractivity contribution in [3.05, 3.63) is 28.5 Å². The molecule has 0 saturated heterocycles. The predicted molar refractivity (Wildman–Crippen MR) is 71.2 cm³/mol. The summed E-state index contributed by atoms with van der Waals surface area (Å²) in [6.45, 7) is 0. The van der Waals surface area contributed by atoms with Crippen LogP contribution in [0.15, 0.2) is 22.7 Å². The van der Waals surface area contributed by atoms with Crippen LogP contribution in [0.5, 0.6) is 0 Å². The number of hydrogen-bond acceptors (Lipinski definition) is 2. The molecule has 1 aliphatic carbocycles. The maximum Gasteiger partial charge on any atom is 0.237 e. The van der Waals surface area contributed by atoms with Crippen LogP contribution in [-0.2, 0) is 4.79 Å². The fourth-order valence-electron chi connectivity index (χ4n) is 1.56. The number of anilines is 1. The van der Waals surface area contributed by atoms with Gasteiger partial charge in [-0.3, -0.25) is 4.79 Å². The second-order valence-corrected chi connectivity index (χ2v) is 5.29. The highest BCUT2D eigenvalue weighted by molar-refractivity contribution is 9.10. The number of para-hydroxylation sites is 1. The minimum Gasteiger partial charge on any atom is -0.392 e. The average Bonchev–Trinajstić information content (AvgIpc) is 3.04. The summed E-state index contributed by atoms with van der Waals surface area (Å²) in [5.41, 5.74) is 4.87. The number of hydrogen-bond donors (Lipinski definition) is 2. The van der Waals surface area contributed by atoms with E-state index in [2.05, 4.69) is 21.2 Å². The highest BCUT2D eigenvalue weighted by atomic mass is 79.9. The van der Waals surface area contributed by atoms with Gasteiger partial charge in [0.2, 0.25) is 5.91 Å². The molecule has 1 aliphatic rings. The van der Waals surface area contributed by atoms with Crippen molar-refractivity contribution in [2.75, 3.05) is 5.32 Å². The van der Waals surface area contributed by atoms with Gasteiger partial charge >= 0.3 is 0 Å². The van der Waals surface area contributed by atoms with Crippen molar-refractivity contribution >= 4 is 44.7 Å². The summed E-state index contributed by atoms with van der Waals surface area (Å²) in [6.07, 6.45) is 1.25. The zero-order chi connectivity index (χ0) is 12.6. The first-order chi connectivity index (χ1) is 7.97. The van der Waals surface area contributed by atoms with Crippen LogP contribution in [0.1, 0.15) is 12.8 Å². The Morgan fingerprint density at radius 2 is 2.18 bits per heavy atom. The van der Waals surface area contributed by atoms with E-state index in [1.807, 2.05) is 0 Å². The Kier molecular flexibility index (Phi) is 3.18. The molecule has 1 saturated carbocycles. The molecule has 1 amide bonds. The molecule has 0 aromatic heterocycles. The number of nitrogens with two attached hydrogens (primary N) is 1. The summed E-state index contributed by atoms with van der Waals surface area (Å²) >= 11 is 8.04. The lowest BCUT2D eigenvalue weighted by Crippen LogP contribution is -2.35. The van der Waals surface area contributed by atoms with Gasteiger partial charge in [-0.1, -0.05) is 18.3 Å². The van der Waals surface area contributed by atoms with Crippen molar-refractivity contribution < 1.29 is 9.18 Å². The van der Waals surface area contributed by atoms with E-state index < -0.39 is 11.2 Å². The van der Waals surface area contributed by atoms with Crippen LogP contribution < -0.4 is 11.1 Å². The van der Waals surface area contributed by atoms with Gasteiger partial charge in [0.1, 0.15) is 5.82 Å². The molecule has 0 bridgehead atoms. The highest BCUT2D eigenvalue weighted by Gasteiger charge is 2.52. The lowest BCUT2D eigenvalue weighted by Gasteiger charge is -2.14. The molecule has 3 N–H and O–H groups in total. The summed E-state index contributed by atoms with van der Waals surface area (Å²) in [5.74, 6) is -0.831. The average molecular weight is 317 g/mol. The van der Waals surface area contributed by atoms with Crippen molar-refractivity contribution in [1.82, 2.24) is 0 Å². The predicted octanol–water partition coefficient (Wildman–Crippen LogP) is 2.59. The lowest BCUT2D eigenvalue weighted by molar-refractivity contribution is -0.118. The number of nitrogens with one attached hydrogen (secondary N) is 1. The van der Waals surface area contributed by atoms with E-state index in [1.165, 1.54) is 6.07 Å². The van der Waals surface area contributed by atoms with Gasteiger partial charge in [-0.05, 0) is 40.9 Å². The number of rotatable bonds is 3. The Hall–Kier alpha value is -1.01. The van der Waals surface area contributed by atoms with E-state index in [-0.39, 0.29) is 16.6 Å². The van der Waals surface area contributed by atoms with Crippen molar-refractivity contribution in [3.8, 4) is 0 Å². The number of thiocarbonyl (C=S) groups is 1. The third kappa shape index (κ3) is 2.19. The van der Waals surface area contributed by atoms with E-state index in [1.54, 1.807) is 12.1 Å². The maximum absolute atomic E-state index is 13.5. The molecule has 0 spiro atoms. The summed E-state index contributed by atoms with van der Waals surface area (Å²) in [6, 6.07) is 4.48. The maximum atomic E-state index is 13.5. The molecule has 0 atom stereocenters. The number of amides is 1. The number of benzene rings is 1. The molecular weight excluding hydrogens is 307 g/mol. The van der Waals surface area contributed by atoms with Gasteiger partial charge in [0.25, 0.3) is 0 Å². The van der Waals surface area contributed by atoms with Crippen molar-refractivity contribution in [2.45, 2.75) is 12.8 Å². The molecule has 1 aromatic carbocycles. The van der Waals surface area contributed by atoms with Gasteiger partial charge in [-0.15, -0.1) is 0 Å². The Balaban J connectivity index is 2.23. The first-order valence-corrected chi connectivity index (χ1v) is 6.23. The Morgan fingerprint density at radius 1 is 1.53 bits per heavy atom. The zero-order valence-corrected chi connectivity index (χ0v) is 11.2. The zero-order valence-electron chi connectivity index (χ0n) is 8.80. The molecule has 3 nitrogen and oxygen atoms in total. The van der Waals surface area contributed by atoms with Gasteiger partial charge < -0.3 is 11.1 Å². The second kappa shape index (κ2) is 4.34. The first kappa shape index (κ1) is 12.4. The Labute approximate surface area is 112 Å². The fraction of sp³-hybridized carbons (Fsp3) is 0.273. The Morgan fingerprint density at radius 3 is 2.65 bits per heavy atom. The molecule has 90 valence electrons. The van der Waals surface area contributed by atoms with Crippen LogP contribution in [0.2, 0.25) is 0 Å². The molecule has 1 aromatic rings. The SMILES string of the molecule is NC(=S)C1(C(=O)Nc2c(F)cccc2Br)CC1. The molecular formula is C11H10BrFN2OS. The summed E-state index contributed by atoms with van der Waals surface area (Å²) < 4.78 is 14.0. The van der Waals surface area contributed by atoms with Crippen LogP contribution in [0.4, 0.5) is 10.1 Å². The van der Waals surface area contributed by atoms with Crippen LogP contribution in [0.25, 0.3) is 0 Å². The molecule has 6 heteroatoms. The molecule has 2 rings (SSSR count). The van der Waals surface area contributed by atoms with Crippen molar-refractivity contribution in [2.24, 2.45) is 11.1 Å². The van der Waals surface area contributed by atoms with Gasteiger partial charge in [-0.25, -0.2) is 4.39 Å². The molecule has 0 heterocycles. The summed E-state index contributed by atoms with van der Waals surface area (Å²) in [7, 11) is 0. The number of carbonyl (C=O) groups excluding carboxylic acids is 1. The van der Waals surface area contributed by atoms with Crippen molar-refractivity contribution in [3.63, 3.8) is 0 Å². The van der Waals surface area contributed by atoms with E-state index in [0.29, 0.717) is 17.3 Å². The largest absolute Gasteiger partial charge is 0.392 e. The monoisotopic (exact) mass is 316 g/mol. The summed E-state index contributed by atoms with van der Waals surface area (Å²) in [4.78, 5) is 12.1. The highest BCUT2D eigenvalue weighted by Crippen LogP contribution is 2.47. The lowest BCUT2D eigenvalue weighted by atomic mass is 10.1.